The molecule has 0 amide bonds. The third kappa shape index (κ3) is 3.43. The number of hydrogen-bond acceptors (Lipinski definition) is 5. The molecule has 2 aromatic carbocycles. The number of carbonyl (C=O) groups is 1. The summed E-state index contributed by atoms with van der Waals surface area (Å²) in [7, 11) is 0. The van der Waals surface area contributed by atoms with Crippen molar-refractivity contribution in [3.8, 4) is 0 Å². The van der Waals surface area contributed by atoms with Gasteiger partial charge in [-0.15, -0.1) is 0 Å². The van der Waals surface area contributed by atoms with Gasteiger partial charge >= 0.3 is 0 Å². The third-order valence-corrected chi connectivity index (χ3v) is 6.35. The largest absolute Gasteiger partial charge is 0.472 e. The van der Waals surface area contributed by atoms with Crippen LogP contribution in [-0.2, 0) is 20.9 Å². The van der Waals surface area contributed by atoms with Crippen molar-refractivity contribution in [2.24, 2.45) is 16.1 Å². The molecule has 5 rings (SSSR count). The SMILES string of the molecule is CC1(C)CC(=O)C2=C(C1)OC(N)=C1C(OCc3ccccc3Cl)=Nc3ccccc3C12. The Morgan fingerprint density at radius 2 is 1.87 bits per heavy atom. The first-order valence-corrected chi connectivity index (χ1v) is 10.7. The van der Waals surface area contributed by atoms with Gasteiger partial charge < -0.3 is 15.2 Å². The summed E-state index contributed by atoms with van der Waals surface area (Å²) in [5.41, 5.74) is 10.1. The second kappa shape index (κ2) is 7.27. The number of para-hydroxylation sites is 1. The van der Waals surface area contributed by atoms with Crippen LogP contribution in [0.3, 0.4) is 0 Å². The summed E-state index contributed by atoms with van der Waals surface area (Å²) in [5, 5.41) is 0.618. The van der Waals surface area contributed by atoms with Crippen LogP contribution < -0.4 is 5.73 Å². The number of halogens is 1. The Kier molecular flexibility index (Phi) is 4.67. The van der Waals surface area contributed by atoms with E-state index in [1.165, 1.54) is 0 Å². The van der Waals surface area contributed by atoms with Gasteiger partial charge in [-0.2, -0.15) is 0 Å². The molecule has 1 unspecified atom stereocenters. The van der Waals surface area contributed by atoms with Crippen molar-refractivity contribution in [1.82, 2.24) is 0 Å². The first-order valence-electron chi connectivity index (χ1n) is 10.3. The molecule has 31 heavy (non-hydrogen) atoms. The maximum absolute atomic E-state index is 13.2. The molecular weight excluding hydrogens is 412 g/mol. The van der Waals surface area contributed by atoms with E-state index < -0.39 is 0 Å². The van der Waals surface area contributed by atoms with Gasteiger partial charge in [0.2, 0.25) is 5.90 Å². The van der Waals surface area contributed by atoms with E-state index in [2.05, 4.69) is 13.8 Å². The van der Waals surface area contributed by atoms with Crippen LogP contribution in [0, 0.1) is 5.41 Å². The normalized spacial score (nSPS) is 21.6. The minimum Gasteiger partial charge on any atom is -0.472 e. The van der Waals surface area contributed by atoms with Gasteiger partial charge in [0.05, 0.1) is 17.2 Å². The number of hydrogen-bond donors (Lipinski definition) is 1. The van der Waals surface area contributed by atoms with Crippen molar-refractivity contribution < 1.29 is 14.3 Å². The number of nitrogens with two attached hydrogens (primary N) is 1. The number of Topliss-reactive ketones (excluding diaryl/α,β-unsaturated/α-hetero) is 1. The minimum absolute atomic E-state index is 0.0865. The molecular formula is C25H23ClN2O3. The average molecular weight is 435 g/mol. The molecule has 0 saturated carbocycles. The van der Waals surface area contributed by atoms with E-state index in [-0.39, 0.29) is 29.6 Å². The van der Waals surface area contributed by atoms with Crippen molar-refractivity contribution in [1.29, 1.82) is 0 Å². The van der Waals surface area contributed by atoms with E-state index in [1.54, 1.807) is 0 Å². The Labute approximate surface area is 186 Å². The van der Waals surface area contributed by atoms with Crippen LogP contribution in [0.4, 0.5) is 5.69 Å². The van der Waals surface area contributed by atoms with Gasteiger partial charge in [0.25, 0.3) is 0 Å². The molecule has 2 heterocycles. The number of ketones is 1. The predicted octanol–water partition coefficient (Wildman–Crippen LogP) is 5.53. The van der Waals surface area contributed by atoms with E-state index in [4.69, 9.17) is 31.8 Å². The Morgan fingerprint density at radius 1 is 1.13 bits per heavy atom. The summed E-state index contributed by atoms with van der Waals surface area (Å²) in [4.78, 5) is 18.0. The smallest absolute Gasteiger partial charge is 0.223 e. The molecule has 0 aromatic heterocycles. The standard InChI is InChI=1S/C25H23ClN2O3/c1-25(2)11-18(29)21-19(12-25)31-23(27)22-20(21)15-8-4-6-10-17(15)28-24(22)30-13-14-7-3-5-9-16(14)26/h3-10,20H,11-13,27H2,1-2H3. The fraction of sp³-hybridized carbons (Fsp3) is 0.280. The number of nitrogens with zero attached hydrogens (tertiary/aromatic N) is 1. The van der Waals surface area contributed by atoms with Gasteiger partial charge in [0, 0.05) is 29.0 Å². The molecule has 3 aliphatic rings. The first-order chi connectivity index (χ1) is 14.8. The molecule has 1 aliphatic carbocycles. The summed E-state index contributed by atoms with van der Waals surface area (Å²) in [6.07, 6.45) is 1.13. The monoisotopic (exact) mass is 434 g/mol. The summed E-state index contributed by atoms with van der Waals surface area (Å²) < 4.78 is 12.1. The number of carbonyl (C=O) groups excluding carboxylic acids is 1. The Hall–Kier alpha value is -3.05. The quantitative estimate of drug-likeness (QED) is 0.674. The summed E-state index contributed by atoms with van der Waals surface area (Å²) in [6.45, 7) is 4.38. The maximum atomic E-state index is 13.2. The zero-order valence-electron chi connectivity index (χ0n) is 17.4. The minimum atomic E-state index is -0.345. The summed E-state index contributed by atoms with van der Waals surface area (Å²) in [5.74, 6) is 1.01. The lowest BCUT2D eigenvalue weighted by Gasteiger charge is -2.39. The van der Waals surface area contributed by atoms with E-state index in [0.717, 1.165) is 16.8 Å². The highest BCUT2D eigenvalue weighted by Crippen LogP contribution is 2.51. The topological polar surface area (TPSA) is 73.9 Å². The Bertz CT molecular complexity index is 1190. The lowest BCUT2D eigenvalue weighted by atomic mass is 9.69. The van der Waals surface area contributed by atoms with Gasteiger partial charge in [0.1, 0.15) is 12.4 Å². The number of ether oxygens (including phenoxy) is 2. The molecule has 2 N–H and O–H groups in total. The van der Waals surface area contributed by atoms with Crippen LogP contribution in [0.5, 0.6) is 0 Å². The zero-order valence-corrected chi connectivity index (χ0v) is 18.2. The van der Waals surface area contributed by atoms with Crippen LogP contribution >= 0.6 is 11.6 Å². The second-order valence-corrected chi connectivity index (χ2v) is 9.35. The first kappa shape index (κ1) is 19.9. The van der Waals surface area contributed by atoms with E-state index in [9.17, 15) is 4.79 Å². The molecule has 0 spiro atoms. The highest BCUT2D eigenvalue weighted by molar-refractivity contribution is 6.31. The van der Waals surface area contributed by atoms with E-state index in [0.29, 0.717) is 40.7 Å². The van der Waals surface area contributed by atoms with Crippen LogP contribution in [0.15, 0.2) is 76.3 Å². The van der Waals surface area contributed by atoms with Crippen LogP contribution in [-0.4, -0.2) is 11.7 Å². The molecule has 0 fully saturated rings. The molecule has 5 nitrogen and oxygen atoms in total. The van der Waals surface area contributed by atoms with Gasteiger partial charge in [-0.1, -0.05) is 61.8 Å². The number of rotatable bonds is 2. The number of aliphatic imine (C=N–C) groups is 1. The fourth-order valence-corrected chi connectivity index (χ4v) is 4.77. The van der Waals surface area contributed by atoms with Crippen molar-refractivity contribution in [3.63, 3.8) is 0 Å². The molecule has 158 valence electrons. The molecule has 2 aliphatic heterocycles. The summed E-state index contributed by atoms with van der Waals surface area (Å²) in [6, 6.07) is 15.3. The van der Waals surface area contributed by atoms with Crippen LogP contribution in [0.1, 0.15) is 43.7 Å². The molecule has 1 atom stereocenters. The Morgan fingerprint density at radius 3 is 2.68 bits per heavy atom. The zero-order chi connectivity index (χ0) is 21.8. The highest BCUT2D eigenvalue weighted by Gasteiger charge is 2.46. The lowest BCUT2D eigenvalue weighted by molar-refractivity contribution is -0.119. The highest BCUT2D eigenvalue weighted by atomic mass is 35.5. The van der Waals surface area contributed by atoms with Gasteiger partial charge in [-0.3, -0.25) is 4.79 Å². The lowest BCUT2D eigenvalue weighted by Crippen LogP contribution is -2.36. The van der Waals surface area contributed by atoms with E-state index >= 15 is 0 Å². The molecule has 2 aromatic rings. The third-order valence-electron chi connectivity index (χ3n) is 5.98. The van der Waals surface area contributed by atoms with E-state index in [1.807, 2.05) is 48.5 Å². The number of fused-ring (bicyclic) bond motifs is 4. The van der Waals surface area contributed by atoms with Gasteiger partial charge in [-0.25, -0.2) is 4.99 Å². The molecule has 0 radical (unpaired) electrons. The number of benzene rings is 2. The maximum Gasteiger partial charge on any atom is 0.223 e. The predicted molar refractivity (Wildman–Crippen MR) is 120 cm³/mol. The number of allylic oxidation sites excluding steroid dienone is 2. The van der Waals surface area contributed by atoms with Crippen molar-refractivity contribution in [3.05, 3.63) is 87.5 Å². The molecule has 0 bridgehead atoms. The Balaban J connectivity index is 1.59. The van der Waals surface area contributed by atoms with Crippen molar-refractivity contribution in [2.75, 3.05) is 0 Å². The fourth-order valence-electron chi connectivity index (χ4n) is 4.58. The summed E-state index contributed by atoms with van der Waals surface area (Å²) >= 11 is 6.29. The van der Waals surface area contributed by atoms with Crippen LogP contribution in [0.2, 0.25) is 5.02 Å². The average Bonchev–Trinajstić information content (AvgIpc) is 2.71. The second-order valence-electron chi connectivity index (χ2n) is 8.95. The van der Waals surface area contributed by atoms with Crippen molar-refractivity contribution >= 4 is 29.0 Å². The van der Waals surface area contributed by atoms with Crippen LogP contribution in [0.25, 0.3) is 0 Å². The van der Waals surface area contributed by atoms with Crippen molar-refractivity contribution in [2.45, 2.75) is 39.2 Å². The molecule has 0 saturated heterocycles. The molecule has 6 heteroatoms. The van der Waals surface area contributed by atoms with Gasteiger partial charge in [0.15, 0.2) is 11.7 Å². The van der Waals surface area contributed by atoms with Gasteiger partial charge in [-0.05, 0) is 23.1 Å².